The third kappa shape index (κ3) is 4.03. The summed E-state index contributed by atoms with van der Waals surface area (Å²) in [5.41, 5.74) is 1.23. The van der Waals surface area contributed by atoms with Crippen LogP contribution in [0.5, 0.6) is 0 Å². The Morgan fingerprint density at radius 2 is 2.07 bits per heavy atom. The molecule has 1 atom stereocenters. The van der Waals surface area contributed by atoms with Gasteiger partial charge in [-0.1, -0.05) is 0 Å². The van der Waals surface area contributed by atoms with Crippen molar-refractivity contribution in [3.05, 3.63) is 70.9 Å². The number of nitrogens with one attached hydrogen (secondary N) is 1. The van der Waals surface area contributed by atoms with E-state index in [9.17, 15) is 13.6 Å². The molecular weight excluding hydrogens is 390 g/mol. The zero-order valence-electron chi connectivity index (χ0n) is 16.1. The van der Waals surface area contributed by atoms with Gasteiger partial charge in [0.1, 0.15) is 12.4 Å². The number of carbonyl (C=O) groups excluding carboxylic acids is 1. The molecule has 1 amide bonds. The van der Waals surface area contributed by atoms with Crippen LogP contribution in [0.25, 0.3) is 5.82 Å². The number of hydrogen-bond donors (Lipinski definition) is 1. The maximum atomic E-state index is 13.3. The molecule has 0 radical (unpaired) electrons. The predicted molar refractivity (Wildman–Crippen MR) is 103 cm³/mol. The van der Waals surface area contributed by atoms with Gasteiger partial charge in [-0.05, 0) is 61.6 Å². The molecule has 0 unspecified atom stereocenters. The molecule has 3 aromatic rings. The number of carbonyl (C=O) groups is 1. The minimum atomic E-state index is -2.64. The second-order valence-electron chi connectivity index (χ2n) is 7.21. The lowest BCUT2D eigenvalue weighted by molar-refractivity contribution is 0.0937. The molecule has 2 aromatic heterocycles. The van der Waals surface area contributed by atoms with E-state index >= 15 is 0 Å². The van der Waals surface area contributed by atoms with Crippen molar-refractivity contribution in [1.29, 1.82) is 5.26 Å². The van der Waals surface area contributed by atoms with Crippen molar-refractivity contribution in [2.75, 3.05) is 0 Å². The second-order valence-corrected chi connectivity index (χ2v) is 7.21. The first-order valence-corrected chi connectivity index (χ1v) is 9.46. The number of alkyl halides is 2. The Morgan fingerprint density at radius 3 is 2.70 bits per heavy atom. The van der Waals surface area contributed by atoms with E-state index in [1.807, 2.05) is 6.07 Å². The molecule has 2 heterocycles. The van der Waals surface area contributed by atoms with E-state index in [0.29, 0.717) is 17.2 Å². The molecule has 1 aromatic carbocycles. The van der Waals surface area contributed by atoms with Gasteiger partial charge >= 0.3 is 0 Å². The Balaban J connectivity index is 1.56. The summed E-state index contributed by atoms with van der Waals surface area (Å²) in [6.45, 7) is 1.72. The van der Waals surface area contributed by atoms with E-state index in [1.165, 1.54) is 29.3 Å². The molecule has 1 saturated carbocycles. The van der Waals surface area contributed by atoms with Crippen LogP contribution in [0, 0.1) is 11.3 Å². The van der Waals surface area contributed by atoms with E-state index in [0.717, 1.165) is 18.4 Å². The zero-order valence-corrected chi connectivity index (χ0v) is 16.1. The van der Waals surface area contributed by atoms with Crippen LogP contribution in [0.2, 0.25) is 0 Å². The first-order chi connectivity index (χ1) is 14.5. The molecule has 30 heavy (non-hydrogen) atoms. The van der Waals surface area contributed by atoms with Gasteiger partial charge in [-0.3, -0.25) is 4.79 Å². The summed E-state index contributed by atoms with van der Waals surface area (Å²) in [5.74, 6) is 0.652. The van der Waals surface area contributed by atoms with Crippen LogP contribution in [0.1, 0.15) is 71.0 Å². The Bertz CT molecular complexity index is 1100. The van der Waals surface area contributed by atoms with Crippen molar-refractivity contribution < 1.29 is 13.6 Å². The first-order valence-electron chi connectivity index (χ1n) is 9.46. The van der Waals surface area contributed by atoms with Crippen LogP contribution < -0.4 is 5.32 Å². The van der Waals surface area contributed by atoms with Crippen molar-refractivity contribution >= 4 is 5.91 Å². The molecule has 1 N–H and O–H groups in total. The molecule has 4 rings (SSSR count). The van der Waals surface area contributed by atoms with Gasteiger partial charge in [0.25, 0.3) is 12.3 Å². The van der Waals surface area contributed by atoms with E-state index in [4.69, 9.17) is 5.26 Å². The Hall–Kier alpha value is -3.67. The van der Waals surface area contributed by atoms with Crippen molar-refractivity contribution in [2.24, 2.45) is 0 Å². The fourth-order valence-corrected chi connectivity index (χ4v) is 3.23. The van der Waals surface area contributed by atoms with Crippen LogP contribution >= 0.6 is 0 Å². The fourth-order valence-electron chi connectivity index (χ4n) is 3.23. The summed E-state index contributed by atoms with van der Waals surface area (Å²) >= 11 is 0. The summed E-state index contributed by atoms with van der Waals surface area (Å²) in [6.07, 6.45) is 2.01. The summed E-state index contributed by atoms with van der Waals surface area (Å²) < 4.78 is 28.0. The molecule has 9 heteroatoms. The van der Waals surface area contributed by atoms with Gasteiger partial charge in [0.2, 0.25) is 0 Å². The van der Waals surface area contributed by atoms with E-state index < -0.39 is 18.4 Å². The first kappa shape index (κ1) is 19.6. The third-order valence-corrected chi connectivity index (χ3v) is 4.94. The molecule has 1 aliphatic rings. The average molecular weight is 408 g/mol. The van der Waals surface area contributed by atoms with Crippen LogP contribution in [0.3, 0.4) is 0 Å². The predicted octanol–water partition coefficient (Wildman–Crippen LogP) is 3.84. The van der Waals surface area contributed by atoms with Crippen molar-refractivity contribution in [3.8, 4) is 11.9 Å². The standard InChI is InChI=1S/C21H18F2N6O/c1-12(20-26-11-27-29(20)18-5-2-13(9-24)10-25-18)28-21(30)17-7-15(14-3-4-14)6-16(8-17)19(22)23/h2,5-8,10-12,14,19H,3-4H2,1H3,(H,28,30)/t12-/m0/s1. The van der Waals surface area contributed by atoms with Gasteiger partial charge in [-0.15, -0.1) is 0 Å². The van der Waals surface area contributed by atoms with Crippen molar-refractivity contribution in [1.82, 2.24) is 25.1 Å². The highest BCUT2D eigenvalue weighted by Gasteiger charge is 2.27. The number of halogens is 2. The highest BCUT2D eigenvalue weighted by molar-refractivity contribution is 5.94. The maximum absolute atomic E-state index is 13.3. The number of pyridine rings is 1. The number of nitrogens with zero attached hydrogens (tertiary/aromatic N) is 5. The second kappa shape index (κ2) is 7.99. The van der Waals surface area contributed by atoms with E-state index in [1.54, 1.807) is 25.1 Å². The van der Waals surface area contributed by atoms with Crippen LogP contribution in [-0.4, -0.2) is 25.7 Å². The van der Waals surface area contributed by atoms with Gasteiger partial charge in [-0.2, -0.15) is 15.0 Å². The summed E-state index contributed by atoms with van der Waals surface area (Å²) in [4.78, 5) is 21.2. The van der Waals surface area contributed by atoms with Crippen LogP contribution in [0.4, 0.5) is 8.78 Å². The topological polar surface area (TPSA) is 96.5 Å². The number of aromatic nitrogens is 4. The SMILES string of the molecule is C[C@H](NC(=O)c1cc(C(F)F)cc(C2CC2)c1)c1ncnn1-c1ccc(C#N)cn1. The highest BCUT2D eigenvalue weighted by atomic mass is 19.3. The number of benzene rings is 1. The molecule has 0 spiro atoms. The van der Waals surface area contributed by atoms with Crippen molar-refractivity contribution in [2.45, 2.75) is 38.2 Å². The van der Waals surface area contributed by atoms with Gasteiger partial charge < -0.3 is 5.32 Å². The normalized spacial score (nSPS) is 14.4. The molecule has 0 aliphatic heterocycles. The zero-order chi connectivity index (χ0) is 21.3. The molecular formula is C21H18F2N6O. The van der Waals surface area contributed by atoms with Gasteiger partial charge in [0, 0.05) is 17.3 Å². The number of amides is 1. The highest BCUT2D eigenvalue weighted by Crippen LogP contribution is 2.41. The molecule has 0 saturated heterocycles. The number of nitriles is 1. The Morgan fingerprint density at radius 1 is 1.27 bits per heavy atom. The van der Waals surface area contributed by atoms with Gasteiger partial charge in [0.15, 0.2) is 11.6 Å². The molecule has 0 bridgehead atoms. The molecule has 152 valence electrons. The lowest BCUT2D eigenvalue weighted by Crippen LogP contribution is -2.29. The average Bonchev–Trinajstić information content (AvgIpc) is 3.49. The summed E-state index contributed by atoms with van der Waals surface area (Å²) in [5, 5.41) is 15.8. The monoisotopic (exact) mass is 408 g/mol. The van der Waals surface area contributed by atoms with Crippen LogP contribution in [0.15, 0.2) is 42.9 Å². The number of rotatable bonds is 6. The Kier molecular flexibility index (Phi) is 5.23. The summed E-state index contributed by atoms with van der Waals surface area (Å²) in [6, 6.07) is 9.05. The quantitative estimate of drug-likeness (QED) is 0.668. The summed E-state index contributed by atoms with van der Waals surface area (Å²) in [7, 11) is 0. The molecule has 1 fully saturated rings. The van der Waals surface area contributed by atoms with Gasteiger partial charge in [0.05, 0.1) is 11.6 Å². The Labute approximate surface area is 171 Å². The van der Waals surface area contributed by atoms with Crippen molar-refractivity contribution in [3.63, 3.8) is 0 Å². The van der Waals surface area contributed by atoms with Crippen LogP contribution in [-0.2, 0) is 0 Å². The maximum Gasteiger partial charge on any atom is 0.263 e. The minimum Gasteiger partial charge on any atom is -0.342 e. The number of hydrogen-bond acceptors (Lipinski definition) is 5. The largest absolute Gasteiger partial charge is 0.342 e. The molecule has 7 nitrogen and oxygen atoms in total. The smallest absolute Gasteiger partial charge is 0.263 e. The van der Waals surface area contributed by atoms with E-state index in [2.05, 4.69) is 20.4 Å². The molecule has 1 aliphatic carbocycles. The minimum absolute atomic E-state index is 0.151. The van der Waals surface area contributed by atoms with E-state index in [-0.39, 0.29) is 17.0 Å². The lowest BCUT2D eigenvalue weighted by atomic mass is 10.0. The van der Waals surface area contributed by atoms with Gasteiger partial charge in [-0.25, -0.2) is 18.7 Å². The fraction of sp³-hybridized carbons (Fsp3) is 0.286. The third-order valence-electron chi connectivity index (χ3n) is 4.94. The lowest BCUT2D eigenvalue weighted by Gasteiger charge is -2.15.